The van der Waals surface area contributed by atoms with Crippen LogP contribution < -0.4 is 25.4 Å². The average molecular weight is 480 g/mol. The number of anilines is 1. The molecule has 1 aromatic heterocycles. The van der Waals surface area contributed by atoms with E-state index < -0.39 is 0 Å². The predicted molar refractivity (Wildman–Crippen MR) is 130 cm³/mol. The maximum atomic E-state index is 12.9. The molecular weight excluding hydrogens is 454 g/mol. The number of hydrogen-bond donors (Lipinski definition) is 3. The number of halogens is 1. The van der Waals surface area contributed by atoms with E-state index in [-0.39, 0.29) is 24.0 Å². The lowest BCUT2D eigenvalue weighted by Crippen LogP contribution is -2.48. The Labute approximate surface area is 202 Å². The molecule has 1 aliphatic carbocycles. The Morgan fingerprint density at radius 3 is 2.79 bits per heavy atom. The molecule has 7 nitrogen and oxygen atoms in total. The molecule has 3 aliphatic rings. The van der Waals surface area contributed by atoms with Gasteiger partial charge in [-0.15, -0.1) is 0 Å². The fraction of sp³-hybridized carbons (Fsp3) is 0.346. The van der Waals surface area contributed by atoms with E-state index in [9.17, 15) is 4.79 Å². The molecule has 2 aromatic carbocycles. The second kappa shape index (κ2) is 8.17. The fourth-order valence-electron chi connectivity index (χ4n) is 5.41. The molecule has 34 heavy (non-hydrogen) atoms. The van der Waals surface area contributed by atoms with E-state index >= 15 is 0 Å². The summed E-state index contributed by atoms with van der Waals surface area (Å²) in [5.41, 5.74) is 3.30. The zero-order chi connectivity index (χ0) is 23.3. The Hall–Kier alpha value is -3.32. The van der Waals surface area contributed by atoms with Gasteiger partial charge in [0.25, 0.3) is 5.91 Å². The molecule has 3 N–H and O–H groups in total. The van der Waals surface area contributed by atoms with Crippen LogP contribution in [0.25, 0.3) is 11.0 Å². The van der Waals surface area contributed by atoms with Crippen LogP contribution in [0.4, 0.5) is 5.69 Å². The molecule has 0 bridgehead atoms. The van der Waals surface area contributed by atoms with Crippen LogP contribution in [0.5, 0.6) is 11.5 Å². The highest BCUT2D eigenvalue weighted by molar-refractivity contribution is 6.34. The Balaban J connectivity index is 1.26. The zero-order valence-corrected chi connectivity index (χ0v) is 19.5. The third-order valence-corrected chi connectivity index (χ3v) is 7.27. The molecule has 3 aromatic rings. The number of nitrogens with one attached hydrogen (secondary N) is 3. The van der Waals surface area contributed by atoms with E-state index in [0.29, 0.717) is 23.6 Å². The van der Waals surface area contributed by atoms with Crippen molar-refractivity contribution in [2.75, 3.05) is 18.7 Å². The highest BCUT2D eigenvalue weighted by Gasteiger charge is 2.42. The first-order valence-electron chi connectivity index (χ1n) is 11.7. The molecule has 0 saturated heterocycles. The molecule has 1 saturated carbocycles. The van der Waals surface area contributed by atoms with E-state index in [4.69, 9.17) is 25.5 Å². The third-order valence-electron chi connectivity index (χ3n) is 6.97. The standard InChI is InChI=1S/C26H26ClN3O4/c1-15-29-23-18(27)12-17-13-21(34-24(17)22(23)26(30-15)8-3-2-4-9-26)25(31)28-10-7-16-5-6-19-20(11-16)33-14-32-19/h5-6,11-13,29-30H,1-4,7-10,14H2,(H,28,31). The average Bonchev–Trinajstić information content (AvgIpc) is 3.46. The van der Waals surface area contributed by atoms with Gasteiger partial charge in [-0.25, -0.2) is 0 Å². The van der Waals surface area contributed by atoms with E-state index in [1.54, 1.807) is 6.07 Å². The monoisotopic (exact) mass is 479 g/mol. The van der Waals surface area contributed by atoms with Gasteiger partial charge in [-0.1, -0.05) is 43.5 Å². The second-order valence-electron chi connectivity index (χ2n) is 9.20. The molecule has 2 aliphatic heterocycles. The van der Waals surface area contributed by atoms with Gasteiger partial charge in [0.05, 0.1) is 22.1 Å². The van der Waals surface area contributed by atoms with Gasteiger partial charge in [-0.3, -0.25) is 4.79 Å². The Morgan fingerprint density at radius 2 is 1.94 bits per heavy atom. The van der Waals surface area contributed by atoms with Crippen molar-refractivity contribution in [2.24, 2.45) is 0 Å². The molecule has 1 spiro atoms. The number of carbonyl (C=O) groups excluding carboxylic acids is 1. The molecule has 8 heteroatoms. The highest BCUT2D eigenvalue weighted by Crippen LogP contribution is 2.49. The van der Waals surface area contributed by atoms with Gasteiger partial charge < -0.3 is 29.8 Å². The summed E-state index contributed by atoms with van der Waals surface area (Å²) in [5, 5.41) is 11.2. The van der Waals surface area contributed by atoms with Crippen LogP contribution in [0, 0.1) is 0 Å². The fourth-order valence-corrected chi connectivity index (χ4v) is 5.67. The maximum Gasteiger partial charge on any atom is 0.287 e. The number of benzene rings is 2. The lowest BCUT2D eigenvalue weighted by molar-refractivity contribution is 0.0928. The van der Waals surface area contributed by atoms with Gasteiger partial charge in [0.1, 0.15) is 5.58 Å². The number of ether oxygens (including phenoxy) is 2. The Bertz CT molecular complexity index is 1310. The van der Waals surface area contributed by atoms with E-state index in [2.05, 4.69) is 22.5 Å². The first-order valence-corrected chi connectivity index (χ1v) is 12.1. The third kappa shape index (κ3) is 3.55. The number of amides is 1. The molecular formula is C26H26ClN3O4. The number of hydrogen-bond acceptors (Lipinski definition) is 6. The van der Waals surface area contributed by atoms with E-state index in [1.807, 2.05) is 24.3 Å². The van der Waals surface area contributed by atoms with E-state index in [1.165, 1.54) is 6.42 Å². The molecule has 3 heterocycles. The summed E-state index contributed by atoms with van der Waals surface area (Å²) < 4.78 is 17.0. The van der Waals surface area contributed by atoms with Crippen molar-refractivity contribution in [3.05, 3.63) is 64.6 Å². The van der Waals surface area contributed by atoms with Crippen molar-refractivity contribution in [1.29, 1.82) is 0 Å². The first kappa shape index (κ1) is 21.2. The van der Waals surface area contributed by atoms with Gasteiger partial charge in [-0.2, -0.15) is 0 Å². The van der Waals surface area contributed by atoms with Gasteiger partial charge in [0.15, 0.2) is 17.3 Å². The zero-order valence-electron chi connectivity index (χ0n) is 18.8. The lowest BCUT2D eigenvalue weighted by Gasteiger charge is -2.44. The van der Waals surface area contributed by atoms with Crippen molar-refractivity contribution >= 4 is 34.2 Å². The topological polar surface area (TPSA) is 84.8 Å². The van der Waals surface area contributed by atoms with Gasteiger partial charge in [0, 0.05) is 17.5 Å². The molecule has 176 valence electrons. The summed E-state index contributed by atoms with van der Waals surface area (Å²) in [6.07, 6.45) is 6.03. The van der Waals surface area contributed by atoms with Crippen molar-refractivity contribution < 1.29 is 18.7 Å². The smallest absolute Gasteiger partial charge is 0.287 e. The van der Waals surface area contributed by atoms with Crippen molar-refractivity contribution in [2.45, 2.75) is 44.1 Å². The van der Waals surface area contributed by atoms with Gasteiger partial charge in [0.2, 0.25) is 6.79 Å². The highest BCUT2D eigenvalue weighted by atomic mass is 35.5. The van der Waals surface area contributed by atoms with Crippen molar-refractivity contribution in [3.63, 3.8) is 0 Å². The minimum atomic E-state index is -0.288. The Kier molecular flexibility index (Phi) is 5.10. The summed E-state index contributed by atoms with van der Waals surface area (Å²) in [7, 11) is 0. The SMILES string of the molecule is C=C1Nc2c(Cl)cc3cc(C(=O)NCCc4ccc5c(c4)OCO5)oc3c2C2(CCCCC2)N1. The van der Waals surface area contributed by atoms with Crippen LogP contribution in [-0.4, -0.2) is 19.2 Å². The summed E-state index contributed by atoms with van der Waals surface area (Å²) in [4.78, 5) is 12.9. The molecule has 1 amide bonds. The van der Waals surface area contributed by atoms with Crippen LogP contribution in [0.2, 0.25) is 5.02 Å². The summed E-state index contributed by atoms with van der Waals surface area (Å²) in [6, 6.07) is 9.44. The van der Waals surface area contributed by atoms with Gasteiger partial charge >= 0.3 is 0 Å². The molecule has 6 rings (SSSR count). The number of fused-ring (bicyclic) bond motifs is 5. The summed E-state index contributed by atoms with van der Waals surface area (Å²) in [6.45, 7) is 4.82. The van der Waals surface area contributed by atoms with Crippen LogP contribution in [0.3, 0.4) is 0 Å². The predicted octanol–water partition coefficient (Wildman–Crippen LogP) is 5.43. The van der Waals surface area contributed by atoms with Gasteiger partial charge in [-0.05, 0) is 49.1 Å². The summed E-state index contributed by atoms with van der Waals surface area (Å²) in [5.74, 6) is 2.26. The number of rotatable bonds is 4. The number of carbonyl (C=O) groups is 1. The quantitative estimate of drug-likeness (QED) is 0.462. The Morgan fingerprint density at radius 1 is 1.12 bits per heavy atom. The molecule has 1 fully saturated rings. The minimum absolute atomic E-state index is 0.246. The molecule has 0 radical (unpaired) electrons. The second-order valence-corrected chi connectivity index (χ2v) is 9.61. The van der Waals surface area contributed by atoms with Crippen LogP contribution in [-0.2, 0) is 12.0 Å². The van der Waals surface area contributed by atoms with Crippen molar-refractivity contribution in [3.8, 4) is 11.5 Å². The van der Waals surface area contributed by atoms with Crippen LogP contribution >= 0.6 is 11.6 Å². The largest absolute Gasteiger partial charge is 0.454 e. The minimum Gasteiger partial charge on any atom is -0.454 e. The maximum absolute atomic E-state index is 12.9. The number of furan rings is 1. The van der Waals surface area contributed by atoms with Crippen molar-refractivity contribution in [1.82, 2.24) is 10.6 Å². The lowest BCUT2D eigenvalue weighted by atomic mass is 9.74. The summed E-state index contributed by atoms with van der Waals surface area (Å²) >= 11 is 6.68. The van der Waals surface area contributed by atoms with Crippen LogP contribution in [0.15, 0.2) is 47.1 Å². The van der Waals surface area contributed by atoms with Crippen LogP contribution in [0.1, 0.15) is 53.8 Å². The molecule has 0 unspecified atom stereocenters. The molecule has 0 atom stereocenters. The normalized spacial score (nSPS) is 17.9. The van der Waals surface area contributed by atoms with E-state index in [0.717, 1.165) is 65.2 Å². The first-order chi connectivity index (χ1) is 16.5.